The first-order valence-corrected chi connectivity index (χ1v) is 21.5. The van der Waals surface area contributed by atoms with Gasteiger partial charge in [-0.25, -0.2) is 9.37 Å². The number of nitrogen functional groups attached to an aromatic ring is 1. The molecule has 3 saturated heterocycles. The van der Waals surface area contributed by atoms with E-state index in [-0.39, 0.29) is 66.7 Å². The minimum absolute atomic E-state index is 0.00362. The summed E-state index contributed by atoms with van der Waals surface area (Å²) in [5, 5.41) is 10.8. The summed E-state index contributed by atoms with van der Waals surface area (Å²) in [5.41, 5.74) is 10.5. The van der Waals surface area contributed by atoms with E-state index in [4.69, 9.17) is 43.1 Å². The van der Waals surface area contributed by atoms with Gasteiger partial charge in [0.25, 0.3) is 5.91 Å². The van der Waals surface area contributed by atoms with Crippen LogP contribution in [0.2, 0.25) is 10.0 Å². The van der Waals surface area contributed by atoms with E-state index >= 15 is 0 Å². The number of pyridine rings is 1. The number of imide groups is 1. The number of benzene rings is 2. The fourth-order valence-electron chi connectivity index (χ4n) is 8.31. The van der Waals surface area contributed by atoms with E-state index in [0.29, 0.717) is 67.8 Å². The van der Waals surface area contributed by atoms with Crippen molar-refractivity contribution in [2.75, 3.05) is 76.8 Å². The Hall–Kier alpha value is -5.33. The molecule has 6 heterocycles. The zero-order valence-electron chi connectivity index (χ0n) is 34.0. The van der Waals surface area contributed by atoms with Crippen LogP contribution in [0.25, 0.3) is 11.1 Å². The van der Waals surface area contributed by atoms with E-state index in [1.807, 2.05) is 27.9 Å². The molecule has 2 aromatic heterocycles. The van der Waals surface area contributed by atoms with Crippen LogP contribution < -0.4 is 21.1 Å². The summed E-state index contributed by atoms with van der Waals surface area (Å²) < 4.78 is 33.2. The topological polar surface area (TPSA) is 186 Å². The molecule has 8 rings (SSSR count). The number of carbonyl (C=O) groups is 4. The Morgan fingerprint density at radius 3 is 2.60 bits per heavy atom. The first-order chi connectivity index (χ1) is 30.0. The monoisotopic (exact) mass is 891 g/mol. The van der Waals surface area contributed by atoms with Gasteiger partial charge in [-0.3, -0.25) is 34.1 Å². The van der Waals surface area contributed by atoms with E-state index in [2.05, 4.69) is 25.6 Å². The number of hydrogen-bond acceptors (Lipinski definition) is 12. The van der Waals surface area contributed by atoms with E-state index in [1.54, 1.807) is 29.4 Å². The van der Waals surface area contributed by atoms with Gasteiger partial charge >= 0.3 is 0 Å². The number of piperidine rings is 2. The van der Waals surface area contributed by atoms with E-state index < -0.39 is 17.8 Å². The van der Waals surface area contributed by atoms with Gasteiger partial charge in [0.1, 0.15) is 18.5 Å². The van der Waals surface area contributed by atoms with Gasteiger partial charge in [-0.15, -0.1) is 0 Å². The molecular formula is C43H48Cl2FN9O7. The highest BCUT2D eigenvalue weighted by Gasteiger charge is 2.40. The number of halogens is 3. The van der Waals surface area contributed by atoms with Gasteiger partial charge in [0.05, 0.1) is 49.7 Å². The van der Waals surface area contributed by atoms with E-state index in [0.717, 1.165) is 54.9 Å². The lowest BCUT2D eigenvalue weighted by Gasteiger charge is -2.40. The maximum atomic E-state index is 13.9. The summed E-state index contributed by atoms with van der Waals surface area (Å²) in [6, 6.07) is 9.76. The quantitative estimate of drug-likeness (QED) is 0.0775. The van der Waals surface area contributed by atoms with Gasteiger partial charge in [0.2, 0.25) is 17.7 Å². The van der Waals surface area contributed by atoms with Gasteiger partial charge in [-0.05, 0) is 55.2 Å². The Bertz CT molecular complexity index is 2320. The summed E-state index contributed by atoms with van der Waals surface area (Å²) in [6.45, 7) is 5.33. The molecule has 328 valence electrons. The van der Waals surface area contributed by atoms with E-state index in [9.17, 15) is 23.6 Å². The molecule has 0 bridgehead atoms. The Balaban J connectivity index is 0.690. The van der Waals surface area contributed by atoms with Crippen molar-refractivity contribution in [3.8, 4) is 16.9 Å². The minimum atomic E-state index is -0.643. The largest absolute Gasteiger partial charge is 0.489 e. The molecule has 0 spiro atoms. The van der Waals surface area contributed by atoms with Crippen LogP contribution in [0.4, 0.5) is 15.9 Å². The first kappa shape index (κ1) is 43.3. The Morgan fingerprint density at radius 1 is 0.984 bits per heavy atom. The van der Waals surface area contributed by atoms with Gasteiger partial charge in [-0.2, -0.15) is 5.10 Å². The van der Waals surface area contributed by atoms with Crippen molar-refractivity contribution in [1.29, 1.82) is 0 Å². The van der Waals surface area contributed by atoms with Crippen molar-refractivity contribution in [1.82, 2.24) is 34.8 Å². The molecule has 1 atom stereocenters. The number of hydrogen-bond donors (Lipinski definition) is 3. The molecule has 62 heavy (non-hydrogen) atoms. The van der Waals surface area contributed by atoms with Crippen LogP contribution in [-0.2, 0) is 36.8 Å². The number of nitrogens with one attached hydrogen (secondary N) is 2. The molecule has 4 N–H and O–H groups in total. The smallest absolute Gasteiger partial charge is 0.255 e. The van der Waals surface area contributed by atoms with Gasteiger partial charge in [-0.1, -0.05) is 29.3 Å². The molecule has 4 aliphatic rings. The second kappa shape index (κ2) is 19.4. The van der Waals surface area contributed by atoms with Crippen molar-refractivity contribution >= 4 is 58.3 Å². The number of aromatic nitrogens is 3. The third-order valence-corrected chi connectivity index (χ3v) is 12.6. The summed E-state index contributed by atoms with van der Waals surface area (Å²) in [5.74, 6) is -0.906. The molecule has 0 aliphatic carbocycles. The molecule has 4 amide bonds. The summed E-state index contributed by atoms with van der Waals surface area (Å²) >= 11 is 12.3. The minimum Gasteiger partial charge on any atom is -0.489 e. The summed E-state index contributed by atoms with van der Waals surface area (Å²) in [6.07, 6.45) is 7.70. The normalized spacial score (nSPS) is 18.5. The molecule has 0 saturated carbocycles. The summed E-state index contributed by atoms with van der Waals surface area (Å²) in [4.78, 5) is 60.0. The maximum Gasteiger partial charge on any atom is 0.255 e. The van der Waals surface area contributed by atoms with Crippen LogP contribution in [-0.4, -0.2) is 131 Å². The first-order valence-electron chi connectivity index (χ1n) is 20.8. The second-order valence-electron chi connectivity index (χ2n) is 15.8. The number of likely N-dealkylation sites (tertiary alicyclic amines) is 2. The third kappa shape index (κ3) is 9.81. The van der Waals surface area contributed by atoms with Crippen molar-refractivity contribution in [2.45, 2.75) is 56.8 Å². The molecule has 16 nitrogen and oxygen atoms in total. The number of rotatable bonds is 17. The van der Waals surface area contributed by atoms with Crippen LogP contribution in [0.5, 0.6) is 5.75 Å². The fraction of sp³-hybridized carbons (Fsp3) is 0.442. The van der Waals surface area contributed by atoms with Gasteiger partial charge in [0, 0.05) is 97.5 Å². The van der Waals surface area contributed by atoms with Gasteiger partial charge in [0.15, 0.2) is 11.6 Å². The zero-order valence-corrected chi connectivity index (χ0v) is 35.5. The predicted octanol–water partition coefficient (Wildman–Crippen LogP) is 4.35. The Morgan fingerprint density at radius 2 is 1.79 bits per heavy atom. The predicted molar refractivity (Wildman–Crippen MR) is 228 cm³/mol. The second-order valence-corrected chi connectivity index (χ2v) is 16.6. The lowest BCUT2D eigenvalue weighted by molar-refractivity contribution is -0.138. The highest BCUT2D eigenvalue weighted by atomic mass is 35.5. The molecule has 4 aliphatic heterocycles. The maximum absolute atomic E-state index is 13.9. The number of amides is 4. The number of nitrogens with zero attached hydrogens (tertiary/aromatic N) is 6. The van der Waals surface area contributed by atoms with Gasteiger partial charge < -0.3 is 35.1 Å². The average molecular weight is 893 g/mol. The van der Waals surface area contributed by atoms with Crippen LogP contribution in [0, 0.1) is 5.82 Å². The lowest BCUT2D eigenvalue weighted by Crippen LogP contribution is -2.55. The molecular weight excluding hydrogens is 844 g/mol. The van der Waals surface area contributed by atoms with Crippen molar-refractivity contribution in [3.63, 3.8) is 0 Å². The van der Waals surface area contributed by atoms with Crippen molar-refractivity contribution in [2.24, 2.45) is 0 Å². The number of carbonyl (C=O) groups excluding carboxylic acids is 4. The Kier molecular flexibility index (Phi) is 13.5. The zero-order chi connectivity index (χ0) is 43.3. The average Bonchev–Trinajstić information content (AvgIpc) is 3.88. The third-order valence-electron chi connectivity index (χ3n) is 11.8. The Labute approximate surface area is 367 Å². The molecule has 0 unspecified atom stereocenters. The number of anilines is 2. The van der Waals surface area contributed by atoms with Crippen LogP contribution >= 0.6 is 23.2 Å². The van der Waals surface area contributed by atoms with E-state index in [1.165, 1.54) is 12.1 Å². The molecule has 0 radical (unpaired) electrons. The molecule has 4 aromatic rings. The lowest BCUT2D eigenvalue weighted by atomic mass is 10.0. The van der Waals surface area contributed by atoms with Crippen LogP contribution in [0.15, 0.2) is 55.0 Å². The SMILES string of the molecule is Nc1ncc(-c2cnn(C3CCN(C(=O)COCCOCCN4CC(Nc5cccc6c5CN([C@@H]5CCC(=O)NC5=O)C6=O)C4)CC3)c2)cc1OCCc1c(Cl)ccc(F)c1Cl. The summed E-state index contributed by atoms with van der Waals surface area (Å²) in [7, 11) is 0. The van der Waals surface area contributed by atoms with Crippen LogP contribution in [0.1, 0.15) is 53.2 Å². The molecule has 2 aromatic carbocycles. The van der Waals surface area contributed by atoms with Crippen molar-refractivity contribution in [3.05, 3.63) is 87.5 Å². The number of nitrogens with two attached hydrogens (primary N) is 1. The molecule has 3 fully saturated rings. The highest BCUT2D eigenvalue weighted by molar-refractivity contribution is 6.36. The highest BCUT2D eigenvalue weighted by Crippen LogP contribution is 2.34. The standard InChI is InChI=1S/C43H48Cl2FN9O7/c44-33-4-5-34(46)40(45)31(33)10-14-62-37-18-26(19-48-41(37)47)27-20-49-55(21-27)29-8-11-53(12-9-29)39(57)25-61-17-16-60-15-13-52-22-28(23-52)50-35-3-1-2-30-32(35)24-54(43(30)59)36-6-7-38(56)51-42(36)58/h1-5,18-21,28-29,36,50H,6-17,22-25H2,(H2,47,48)(H,51,56,58)/t36-/m1/s1. The number of ether oxygens (including phenoxy) is 3. The van der Waals surface area contributed by atoms with Crippen molar-refractivity contribution < 1.29 is 37.8 Å². The molecule has 19 heteroatoms. The fourth-order valence-corrected chi connectivity index (χ4v) is 8.86. The van der Waals surface area contributed by atoms with Crippen LogP contribution in [0.3, 0.4) is 0 Å². The number of fused-ring (bicyclic) bond motifs is 1.